The van der Waals surface area contributed by atoms with Crippen molar-refractivity contribution >= 4 is 17.6 Å². The number of ether oxygens (including phenoxy) is 1. The number of nitrogens with zero attached hydrogens (tertiary/aromatic N) is 2. The first-order chi connectivity index (χ1) is 8.06. The maximum atomic E-state index is 12.6. The normalized spacial score (nSPS) is 10.1. The second-order valence-corrected chi connectivity index (χ2v) is 3.22. The Morgan fingerprint density at radius 3 is 2.76 bits per heavy atom. The third kappa shape index (κ3) is 2.50. The number of hydrogen-bond acceptors (Lipinski definition) is 4. The van der Waals surface area contributed by atoms with Gasteiger partial charge >= 0.3 is 5.97 Å². The van der Waals surface area contributed by atoms with Crippen molar-refractivity contribution in [2.75, 3.05) is 7.11 Å². The highest BCUT2D eigenvalue weighted by Gasteiger charge is 2.24. The number of halogens is 3. The Kier molecular flexibility index (Phi) is 4.35. The number of carbonyl (C=O) groups excluding carboxylic acids is 1. The molecule has 1 rings (SSSR count). The molecule has 0 fully saturated rings. The summed E-state index contributed by atoms with van der Waals surface area (Å²) in [5.74, 6) is -1.24. The summed E-state index contributed by atoms with van der Waals surface area (Å²) in [5, 5.41) is 8.78. The van der Waals surface area contributed by atoms with Gasteiger partial charge in [0.15, 0.2) is 0 Å². The van der Waals surface area contributed by atoms with Crippen molar-refractivity contribution in [2.24, 2.45) is 0 Å². The van der Waals surface area contributed by atoms with Gasteiger partial charge in [-0.2, -0.15) is 5.26 Å². The second kappa shape index (κ2) is 5.55. The molecule has 0 aliphatic rings. The molecule has 0 aliphatic carbocycles. The van der Waals surface area contributed by atoms with Crippen LogP contribution < -0.4 is 0 Å². The minimum Gasteiger partial charge on any atom is -0.465 e. The molecule has 0 saturated heterocycles. The van der Waals surface area contributed by atoms with Crippen molar-refractivity contribution in [3.63, 3.8) is 0 Å². The van der Waals surface area contributed by atoms with E-state index in [4.69, 9.17) is 16.9 Å². The molecule has 0 atom stereocenters. The van der Waals surface area contributed by atoms with Crippen molar-refractivity contribution < 1.29 is 18.3 Å². The Hall–Kier alpha value is -1.74. The van der Waals surface area contributed by atoms with Crippen molar-refractivity contribution in [1.29, 1.82) is 5.26 Å². The van der Waals surface area contributed by atoms with E-state index >= 15 is 0 Å². The van der Waals surface area contributed by atoms with Gasteiger partial charge in [0.05, 0.1) is 24.1 Å². The molecule has 1 aromatic rings. The quantitative estimate of drug-likeness (QED) is 0.618. The van der Waals surface area contributed by atoms with E-state index < -0.39 is 18.1 Å². The van der Waals surface area contributed by atoms with Crippen LogP contribution in [0.2, 0.25) is 0 Å². The molecule has 0 aliphatic heterocycles. The van der Waals surface area contributed by atoms with Crippen LogP contribution in [0.25, 0.3) is 0 Å². The zero-order valence-corrected chi connectivity index (χ0v) is 9.46. The molecule has 0 aromatic carbocycles. The van der Waals surface area contributed by atoms with Crippen LogP contribution in [0.4, 0.5) is 8.78 Å². The summed E-state index contributed by atoms with van der Waals surface area (Å²) in [6.45, 7) is 0. The summed E-state index contributed by atoms with van der Waals surface area (Å²) in [7, 11) is 1.09. The maximum absolute atomic E-state index is 12.6. The highest BCUT2D eigenvalue weighted by Crippen LogP contribution is 2.27. The zero-order chi connectivity index (χ0) is 13.0. The number of aromatic nitrogens is 1. The minimum absolute atomic E-state index is 0.142. The molecular weight excluding hydrogens is 254 g/mol. The van der Waals surface area contributed by atoms with E-state index in [0.29, 0.717) is 0 Å². The molecule has 0 saturated carbocycles. The number of esters is 1. The molecule has 0 amide bonds. The lowest BCUT2D eigenvalue weighted by molar-refractivity contribution is 0.0598. The first-order valence-electron chi connectivity index (χ1n) is 4.41. The number of pyridine rings is 1. The molecule has 7 heteroatoms. The van der Waals surface area contributed by atoms with Crippen LogP contribution >= 0.6 is 11.6 Å². The molecule has 1 heterocycles. The first kappa shape index (κ1) is 13.3. The fraction of sp³-hybridized carbons (Fsp3) is 0.300. The van der Waals surface area contributed by atoms with Gasteiger partial charge in [0, 0.05) is 11.8 Å². The highest BCUT2D eigenvalue weighted by molar-refractivity contribution is 6.17. The molecular formula is C10H7ClF2N2O2. The smallest absolute Gasteiger partial charge is 0.339 e. The molecule has 90 valence electrons. The summed E-state index contributed by atoms with van der Waals surface area (Å²) < 4.78 is 29.7. The maximum Gasteiger partial charge on any atom is 0.339 e. The van der Waals surface area contributed by atoms with Crippen molar-refractivity contribution in [3.05, 3.63) is 28.6 Å². The number of rotatable bonds is 3. The Morgan fingerprint density at radius 2 is 2.35 bits per heavy atom. The molecule has 0 radical (unpaired) electrons. The monoisotopic (exact) mass is 260 g/mol. The molecule has 0 bridgehead atoms. The zero-order valence-electron chi connectivity index (χ0n) is 8.71. The van der Waals surface area contributed by atoms with E-state index in [2.05, 4.69) is 9.72 Å². The largest absolute Gasteiger partial charge is 0.465 e. The van der Waals surface area contributed by atoms with Gasteiger partial charge in [-0.1, -0.05) is 0 Å². The van der Waals surface area contributed by atoms with E-state index in [1.807, 2.05) is 0 Å². The summed E-state index contributed by atoms with van der Waals surface area (Å²) in [6.07, 6.45) is -1.97. The predicted molar refractivity (Wildman–Crippen MR) is 54.8 cm³/mol. The van der Waals surface area contributed by atoms with Gasteiger partial charge in [-0.05, 0) is 0 Å². The topological polar surface area (TPSA) is 63.0 Å². The Morgan fingerprint density at radius 1 is 1.71 bits per heavy atom. The average Bonchev–Trinajstić information content (AvgIpc) is 2.35. The van der Waals surface area contributed by atoms with Crippen LogP contribution in [0.15, 0.2) is 6.20 Å². The lowest BCUT2D eigenvalue weighted by atomic mass is 10.0. The van der Waals surface area contributed by atoms with Crippen molar-refractivity contribution in [1.82, 2.24) is 4.98 Å². The van der Waals surface area contributed by atoms with Crippen molar-refractivity contribution in [3.8, 4) is 6.07 Å². The SMILES string of the molecule is COC(=O)c1c(C#N)cnc(C(F)F)c1CCl. The van der Waals surface area contributed by atoms with E-state index in [0.717, 1.165) is 13.3 Å². The lowest BCUT2D eigenvalue weighted by Gasteiger charge is -2.11. The molecule has 4 nitrogen and oxygen atoms in total. The van der Waals surface area contributed by atoms with E-state index in [-0.39, 0.29) is 22.6 Å². The summed E-state index contributed by atoms with van der Waals surface area (Å²) in [6, 6.07) is 1.68. The molecule has 0 unspecified atom stereocenters. The Labute approximate surface area is 101 Å². The van der Waals surface area contributed by atoms with Gasteiger partial charge in [0.25, 0.3) is 6.43 Å². The standard InChI is InChI=1S/C10H7ClF2N2O2/c1-17-10(16)7-5(3-14)4-15-8(9(12)13)6(7)2-11/h4,9H,2H2,1H3. The summed E-state index contributed by atoms with van der Waals surface area (Å²) in [5.41, 5.74) is -1.18. The van der Waals surface area contributed by atoms with Crippen LogP contribution in [0.1, 0.15) is 33.6 Å². The number of alkyl halides is 3. The molecule has 0 spiro atoms. The fourth-order valence-electron chi connectivity index (χ4n) is 1.31. The number of carbonyl (C=O) groups is 1. The van der Waals surface area contributed by atoms with Gasteiger partial charge in [-0.15, -0.1) is 11.6 Å². The van der Waals surface area contributed by atoms with Gasteiger partial charge in [0.1, 0.15) is 11.8 Å². The van der Waals surface area contributed by atoms with Gasteiger partial charge in [0.2, 0.25) is 0 Å². The van der Waals surface area contributed by atoms with Crippen molar-refractivity contribution in [2.45, 2.75) is 12.3 Å². The first-order valence-corrected chi connectivity index (χ1v) is 4.94. The third-order valence-electron chi connectivity index (χ3n) is 2.06. The lowest BCUT2D eigenvalue weighted by Crippen LogP contribution is -2.12. The second-order valence-electron chi connectivity index (χ2n) is 2.95. The fourth-order valence-corrected chi connectivity index (χ4v) is 1.58. The number of hydrogen-bond donors (Lipinski definition) is 0. The average molecular weight is 261 g/mol. The van der Waals surface area contributed by atoms with Gasteiger partial charge < -0.3 is 4.74 Å². The Bertz CT molecular complexity index is 486. The van der Waals surface area contributed by atoms with Gasteiger partial charge in [-0.25, -0.2) is 13.6 Å². The number of methoxy groups -OCH3 is 1. The van der Waals surface area contributed by atoms with Crippen LogP contribution in [0, 0.1) is 11.3 Å². The van der Waals surface area contributed by atoms with Crippen LogP contribution in [-0.2, 0) is 10.6 Å². The van der Waals surface area contributed by atoms with Crippen LogP contribution in [-0.4, -0.2) is 18.1 Å². The van der Waals surface area contributed by atoms with E-state index in [1.165, 1.54) is 0 Å². The highest BCUT2D eigenvalue weighted by atomic mass is 35.5. The summed E-state index contributed by atoms with van der Waals surface area (Å²) >= 11 is 5.52. The van der Waals surface area contributed by atoms with Crippen LogP contribution in [0.5, 0.6) is 0 Å². The summed E-state index contributed by atoms with van der Waals surface area (Å²) in [4.78, 5) is 14.9. The van der Waals surface area contributed by atoms with E-state index in [9.17, 15) is 13.6 Å². The molecule has 1 aromatic heterocycles. The molecule has 0 N–H and O–H groups in total. The predicted octanol–water partition coefficient (Wildman–Crippen LogP) is 2.42. The Balaban J connectivity index is 3.56. The molecule has 17 heavy (non-hydrogen) atoms. The third-order valence-corrected chi connectivity index (χ3v) is 2.33. The van der Waals surface area contributed by atoms with Gasteiger partial charge in [-0.3, -0.25) is 4.98 Å². The van der Waals surface area contributed by atoms with E-state index in [1.54, 1.807) is 6.07 Å². The number of nitriles is 1. The van der Waals surface area contributed by atoms with Crippen LogP contribution in [0.3, 0.4) is 0 Å². The minimum atomic E-state index is -2.88.